The Bertz CT molecular complexity index is 501. The minimum absolute atomic E-state index is 0.197. The van der Waals surface area contributed by atoms with E-state index in [1.54, 1.807) is 24.3 Å². The molecule has 0 saturated heterocycles. The molecule has 2 rings (SSSR count). The summed E-state index contributed by atoms with van der Waals surface area (Å²) in [7, 11) is -3.37. The number of sulfonamides is 1. The molecule has 0 radical (unpaired) electrons. The molecule has 0 spiro atoms. The summed E-state index contributed by atoms with van der Waals surface area (Å²) < 4.78 is 27.9. The van der Waals surface area contributed by atoms with E-state index >= 15 is 0 Å². The van der Waals surface area contributed by atoms with Crippen molar-refractivity contribution in [3.63, 3.8) is 0 Å². The minimum atomic E-state index is -3.37. The minimum Gasteiger partial charge on any atom is -0.211 e. The molecular weight excluding hydrogens is 314 g/mol. The van der Waals surface area contributed by atoms with Crippen molar-refractivity contribution < 1.29 is 8.42 Å². The third-order valence-corrected chi connectivity index (χ3v) is 5.87. The summed E-state index contributed by atoms with van der Waals surface area (Å²) >= 11 is 3.30. The molecule has 1 aliphatic carbocycles. The van der Waals surface area contributed by atoms with E-state index in [0.717, 1.165) is 23.7 Å². The van der Waals surface area contributed by atoms with Gasteiger partial charge in [-0.2, -0.15) is 0 Å². The Balaban J connectivity index is 2.05. The van der Waals surface area contributed by atoms with Crippen molar-refractivity contribution in [3.8, 4) is 0 Å². The summed E-state index contributed by atoms with van der Waals surface area (Å²) in [4.78, 5) is 0.330. The number of hydrogen-bond donors (Lipinski definition) is 1. The lowest BCUT2D eigenvalue weighted by atomic mass is 9.67. The van der Waals surface area contributed by atoms with E-state index < -0.39 is 10.0 Å². The van der Waals surface area contributed by atoms with Crippen LogP contribution < -0.4 is 4.72 Å². The van der Waals surface area contributed by atoms with Crippen LogP contribution in [-0.2, 0) is 10.0 Å². The Labute approximate surface area is 117 Å². The summed E-state index contributed by atoms with van der Waals surface area (Å²) in [5, 5.41) is 0. The molecule has 0 heterocycles. The topological polar surface area (TPSA) is 46.2 Å². The van der Waals surface area contributed by atoms with Gasteiger partial charge in [0.2, 0.25) is 10.0 Å². The van der Waals surface area contributed by atoms with Crippen molar-refractivity contribution in [3.05, 3.63) is 28.7 Å². The molecule has 3 nitrogen and oxygen atoms in total. The maximum Gasteiger partial charge on any atom is 0.240 e. The van der Waals surface area contributed by atoms with Gasteiger partial charge in [0.1, 0.15) is 0 Å². The predicted octanol–water partition coefficient (Wildman–Crippen LogP) is 3.31. The quantitative estimate of drug-likeness (QED) is 0.899. The van der Waals surface area contributed by atoms with Crippen molar-refractivity contribution in [2.24, 2.45) is 5.41 Å². The smallest absolute Gasteiger partial charge is 0.211 e. The normalized spacial score (nSPS) is 18.3. The second kappa shape index (κ2) is 5.31. The molecule has 1 N–H and O–H groups in total. The third-order valence-electron chi connectivity index (χ3n) is 3.93. The van der Waals surface area contributed by atoms with Gasteiger partial charge in [-0.05, 0) is 48.9 Å². The molecule has 1 aromatic rings. The summed E-state index contributed by atoms with van der Waals surface area (Å²) in [6.07, 6.45) is 4.52. The highest BCUT2D eigenvalue weighted by molar-refractivity contribution is 9.10. The van der Waals surface area contributed by atoms with E-state index in [4.69, 9.17) is 0 Å². The summed E-state index contributed by atoms with van der Waals surface area (Å²) in [5.74, 6) is 0. The van der Waals surface area contributed by atoms with Crippen LogP contribution in [0, 0.1) is 5.41 Å². The highest BCUT2D eigenvalue weighted by Crippen LogP contribution is 2.43. The molecule has 0 atom stereocenters. The second-order valence-corrected chi connectivity index (χ2v) is 7.67. The zero-order valence-corrected chi connectivity index (χ0v) is 12.9. The first-order chi connectivity index (χ1) is 8.47. The summed E-state index contributed by atoms with van der Waals surface area (Å²) in [6, 6.07) is 6.72. The predicted molar refractivity (Wildman–Crippen MR) is 75.9 cm³/mol. The molecule has 1 aliphatic rings. The van der Waals surface area contributed by atoms with E-state index in [-0.39, 0.29) is 5.41 Å². The van der Waals surface area contributed by atoms with E-state index in [9.17, 15) is 8.42 Å². The molecule has 18 heavy (non-hydrogen) atoms. The Morgan fingerprint density at radius 2 is 1.89 bits per heavy atom. The molecule has 1 saturated carbocycles. The van der Waals surface area contributed by atoms with Crippen LogP contribution in [0.25, 0.3) is 0 Å². The maximum absolute atomic E-state index is 12.1. The monoisotopic (exact) mass is 331 g/mol. The molecule has 5 heteroatoms. The first-order valence-corrected chi connectivity index (χ1v) is 8.50. The number of halogens is 1. The van der Waals surface area contributed by atoms with Crippen LogP contribution in [0.2, 0.25) is 0 Å². The molecule has 0 amide bonds. The molecule has 0 aromatic heterocycles. The second-order valence-electron chi connectivity index (χ2n) is 4.99. The van der Waals surface area contributed by atoms with Crippen LogP contribution in [0.5, 0.6) is 0 Å². The van der Waals surface area contributed by atoms with Crippen molar-refractivity contribution in [2.45, 2.75) is 37.5 Å². The first kappa shape index (κ1) is 14.0. The molecule has 100 valence electrons. The van der Waals surface area contributed by atoms with E-state index in [1.807, 2.05) is 0 Å². The Kier molecular flexibility index (Phi) is 4.14. The van der Waals surface area contributed by atoms with Crippen molar-refractivity contribution in [2.75, 3.05) is 6.54 Å². The first-order valence-electron chi connectivity index (χ1n) is 6.23. The lowest BCUT2D eigenvalue weighted by Gasteiger charge is -2.41. The van der Waals surface area contributed by atoms with Gasteiger partial charge in [-0.3, -0.25) is 0 Å². The van der Waals surface area contributed by atoms with Gasteiger partial charge < -0.3 is 0 Å². The van der Waals surface area contributed by atoms with Gasteiger partial charge in [-0.1, -0.05) is 29.3 Å². The number of benzene rings is 1. The van der Waals surface area contributed by atoms with Gasteiger partial charge in [-0.15, -0.1) is 0 Å². The van der Waals surface area contributed by atoms with E-state index in [1.165, 1.54) is 6.42 Å². The summed E-state index contributed by atoms with van der Waals surface area (Å²) in [5.41, 5.74) is 0.197. The molecule has 0 bridgehead atoms. The highest BCUT2D eigenvalue weighted by Gasteiger charge is 2.36. The van der Waals surface area contributed by atoms with Crippen molar-refractivity contribution in [1.82, 2.24) is 4.72 Å². The van der Waals surface area contributed by atoms with Crippen LogP contribution in [0.1, 0.15) is 32.6 Å². The van der Waals surface area contributed by atoms with Crippen LogP contribution in [0.4, 0.5) is 0 Å². The van der Waals surface area contributed by atoms with Crippen LogP contribution >= 0.6 is 15.9 Å². The summed E-state index contributed by atoms with van der Waals surface area (Å²) in [6.45, 7) is 2.69. The number of nitrogens with one attached hydrogen (secondary N) is 1. The molecular formula is C13H18BrNO2S. The van der Waals surface area contributed by atoms with E-state index in [0.29, 0.717) is 11.4 Å². The lowest BCUT2D eigenvalue weighted by Crippen LogP contribution is -2.41. The molecule has 0 unspecified atom stereocenters. The fraction of sp³-hybridized carbons (Fsp3) is 0.538. The van der Waals surface area contributed by atoms with Gasteiger partial charge in [0, 0.05) is 11.0 Å². The van der Waals surface area contributed by atoms with Crippen molar-refractivity contribution in [1.29, 1.82) is 0 Å². The Morgan fingerprint density at radius 1 is 1.28 bits per heavy atom. The lowest BCUT2D eigenvalue weighted by molar-refractivity contribution is 0.133. The van der Waals surface area contributed by atoms with Crippen LogP contribution in [-0.4, -0.2) is 15.0 Å². The van der Waals surface area contributed by atoms with E-state index in [2.05, 4.69) is 27.6 Å². The fourth-order valence-corrected chi connectivity index (χ4v) is 3.70. The third kappa shape index (κ3) is 2.95. The molecule has 0 aliphatic heterocycles. The average Bonchev–Trinajstić information content (AvgIpc) is 2.29. The zero-order valence-electron chi connectivity index (χ0n) is 10.4. The van der Waals surface area contributed by atoms with Gasteiger partial charge in [0.05, 0.1) is 4.90 Å². The Morgan fingerprint density at radius 3 is 2.33 bits per heavy atom. The maximum atomic E-state index is 12.1. The highest BCUT2D eigenvalue weighted by atomic mass is 79.9. The van der Waals surface area contributed by atoms with Gasteiger partial charge in [-0.25, -0.2) is 13.1 Å². The molecule has 1 fully saturated rings. The number of hydrogen-bond acceptors (Lipinski definition) is 2. The SMILES string of the molecule is CCC1(CNS(=O)(=O)c2ccc(Br)cc2)CCC1. The van der Waals surface area contributed by atoms with Gasteiger partial charge in [0.25, 0.3) is 0 Å². The largest absolute Gasteiger partial charge is 0.240 e. The van der Waals surface area contributed by atoms with Crippen LogP contribution in [0.3, 0.4) is 0 Å². The van der Waals surface area contributed by atoms with Gasteiger partial charge >= 0.3 is 0 Å². The molecule has 1 aromatic carbocycles. The average molecular weight is 332 g/mol. The van der Waals surface area contributed by atoms with Crippen molar-refractivity contribution >= 4 is 26.0 Å². The van der Waals surface area contributed by atoms with Gasteiger partial charge in [0.15, 0.2) is 0 Å². The zero-order chi connectivity index (χ0) is 13.2. The van der Waals surface area contributed by atoms with Crippen LogP contribution in [0.15, 0.2) is 33.6 Å². The Hall–Kier alpha value is -0.390. The number of rotatable bonds is 5. The standard InChI is InChI=1S/C13H18BrNO2S/c1-2-13(8-3-9-13)10-15-18(16,17)12-6-4-11(14)5-7-12/h4-7,15H,2-3,8-10H2,1H3. The fourth-order valence-electron chi connectivity index (χ4n) is 2.28.